The number of rotatable bonds is 1. The van der Waals surface area contributed by atoms with Gasteiger partial charge in [0.1, 0.15) is 5.82 Å². The van der Waals surface area contributed by atoms with Crippen LogP contribution in [0.25, 0.3) is 10.8 Å². The second-order valence-electron chi connectivity index (χ2n) is 7.28. The maximum atomic E-state index is 13.1. The molecule has 2 aromatic heterocycles. The summed E-state index contributed by atoms with van der Waals surface area (Å²) in [5.41, 5.74) is 1.63. The van der Waals surface area contributed by atoms with Crippen molar-refractivity contribution in [2.75, 3.05) is 13.1 Å². The first kappa shape index (κ1) is 15.4. The minimum absolute atomic E-state index is 0.0345. The molecule has 5 rings (SSSR count). The predicted molar refractivity (Wildman–Crippen MR) is 96.3 cm³/mol. The molecular weight excluding hydrogens is 330 g/mol. The number of aryl methyl sites for hydroxylation is 1. The van der Waals surface area contributed by atoms with Crippen LogP contribution in [0, 0.1) is 12.8 Å². The molecule has 0 radical (unpaired) electrons. The first-order chi connectivity index (χ1) is 12.6. The van der Waals surface area contributed by atoms with Crippen molar-refractivity contribution in [3.63, 3.8) is 0 Å². The van der Waals surface area contributed by atoms with Crippen molar-refractivity contribution in [1.82, 2.24) is 14.9 Å². The van der Waals surface area contributed by atoms with Gasteiger partial charge in [-0.3, -0.25) is 9.59 Å². The molecule has 0 bridgehead atoms. The van der Waals surface area contributed by atoms with Crippen molar-refractivity contribution in [1.29, 1.82) is 0 Å². The minimum atomic E-state index is -0.0799. The summed E-state index contributed by atoms with van der Waals surface area (Å²) in [6, 6.07) is 7.69. The van der Waals surface area contributed by atoms with Crippen LogP contribution >= 0.6 is 0 Å². The summed E-state index contributed by atoms with van der Waals surface area (Å²) in [6.07, 6.45) is 3.27. The number of aromatic amines is 1. The second-order valence-corrected chi connectivity index (χ2v) is 7.28. The molecule has 1 fully saturated rings. The maximum absolute atomic E-state index is 13.1. The van der Waals surface area contributed by atoms with E-state index in [0.717, 1.165) is 34.9 Å². The van der Waals surface area contributed by atoms with Crippen LogP contribution in [0.3, 0.4) is 0 Å². The number of benzene rings is 1. The van der Waals surface area contributed by atoms with Crippen LogP contribution in [0.15, 0.2) is 39.7 Å². The van der Waals surface area contributed by atoms with E-state index >= 15 is 0 Å². The van der Waals surface area contributed by atoms with Crippen molar-refractivity contribution in [2.24, 2.45) is 5.92 Å². The van der Waals surface area contributed by atoms with Gasteiger partial charge in [0.25, 0.3) is 11.5 Å². The Morgan fingerprint density at radius 2 is 2.15 bits per heavy atom. The third kappa shape index (κ3) is 2.21. The molecule has 1 aromatic carbocycles. The van der Waals surface area contributed by atoms with E-state index in [-0.39, 0.29) is 17.4 Å². The van der Waals surface area contributed by atoms with Crippen molar-refractivity contribution >= 4 is 16.7 Å². The summed E-state index contributed by atoms with van der Waals surface area (Å²) in [4.78, 5) is 34.5. The van der Waals surface area contributed by atoms with Crippen LogP contribution in [0.5, 0.6) is 0 Å². The highest BCUT2D eigenvalue weighted by atomic mass is 16.3. The van der Waals surface area contributed by atoms with E-state index in [1.807, 2.05) is 29.2 Å². The van der Waals surface area contributed by atoms with Crippen molar-refractivity contribution in [2.45, 2.75) is 25.7 Å². The number of hydrogen-bond donors (Lipinski definition) is 1. The normalized spacial score (nSPS) is 21.7. The number of carbonyl (C=O) groups is 1. The van der Waals surface area contributed by atoms with Gasteiger partial charge in [0.15, 0.2) is 5.76 Å². The summed E-state index contributed by atoms with van der Waals surface area (Å²) in [5.74, 6) is 1.43. The van der Waals surface area contributed by atoms with Gasteiger partial charge >= 0.3 is 0 Å². The Morgan fingerprint density at radius 1 is 1.31 bits per heavy atom. The monoisotopic (exact) mass is 349 g/mol. The number of H-pyrrole nitrogens is 1. The van der Waals surface area contributed by atoms with E-state index in [2.05, 4.69) is 9.97 Å². The number of carbonyl (C=O) groups excluding carboxylic acids is 1. The highest BCUT2D eigenvalue weighted by Gasteiger charge is 2.42. The molecule has 26 heavy (non-hydrogen) atoms. The number of nitrogens with one attached hydrogen (secondary N) is 1. The largest absolute Gasteiger partial charge is 0.458 e. The molecule has 1 N–H and O–H groups in total. The zero-order valence-electron chi connectivity index (χ0n) is 14.5. The van der Waals surface area contributed by atoms with Crippen LogP contribution in [0.2, 0.25) is 0 Å². The van der Waals surface area contributed by atoms with Crippen LogP contribution < -0.4 is 5.56 Å². The van der Waals surface area contributed by atoms with Crippen LogP contribution in [-0.2, 0) is 6.42 Å². The number of fused-ring (bicyclic) bond motifs is 4. The molecule has 0 unspecified atom stereocenters. The molecule has 6 nitrogen and oxygen atoms in total. The van der Waals surface area contributed by atoms with Crippen LogP contribution in [0.1, 0.15) is 40.0 Å². The standard InChI is InChI=1S/C20H19N3O3/c1-11-21-17-15(19(24)22-11)7-6-12-8-23(9-16(12)17)20(25)18-14-5-3-2-4-13(14)10-26-18/h2-5,10,12,16H,6-9H2,1H3,(H,21,22,24)/t12-,16+/m1/s1. The second kappa shape index (κ2) is 5.56. The Kier molecular flexibility index (Phi) is 3.29. The molecule has 132 valence electrons. The van der Waals surface area contributed by atoms with E-state index in [1.54, 1.807) is 13.2 Å². The molecular formula is C20H19N3O3. The summed E-state index contributed by atoms with van der Waals surface area (Å²) in [6.45, 7) is 3.07. The summed E-state index contributed by atoms with van der Waals surface area (Å²) < 4.78 is 5.59. The highest BCUT2D eigenvalue weighted by Crippen LogP contribution is 2.40. The first-order valence-corrected chi connectivity index (χ1v) is 8.97. The van der Waals surface area contributed by atoms with Gasteiger partial charge in [-0.15, -0.1) is 0 Å². The van der Waals surface area contributed by atoms with Crippen LogP contribution in [0.4, 0.5) is 0 Å². The number of amides is 1. The third-order valence-electron chi connectivity index (χ3n) is 5.71. The van der Waals surface area contributed by atoms with Gasteiger partial charge in [-0.2, -0.15) is 0 Å². The van der Waals surface area contributed by atoms with E-state index < -0.39 is 0 Å². The quantitative estimate of drug-likeness (QED) is 0.732. The average molecular weight is 349 g/mol. The van der Waals surface area contributed by atoms with Crippen LogP contribution in [-0.4, -0.2) is 33.9 Å². The first-order valence-electron chi connectivity index (χ1n) is 8.97. The Bertz CT molecular complexity index is 1080. The minimum Gasteiger partial charge on any atom is -0.458 e. The molecule has 1 saturated heterocycles. The van der Waals surface area contributed by atoms with Crippen molar-refractivity contribution < 1.29 is 9.21 Å². The lowest BCUT2D eigenvalue weighted by atomic mass is 9.80. The molecule has 0 saturated carbocycles. The highest BCUT2D eigenvalue weighted by molar-refractivity contribution is 6.04. The zero-order chi connectivity index (χ0) is 17.8. The Balaban J connectivity index is 1.49. The van der Waals surface area contributed by atoms with Gasteiger partial charge in [0, 0.05) is 35.3 Å². The molecule has 1 amide bonds. The number of nitrogens with zero attached hydrogens (tertiary/aromatic N) is 2. The topological polar surface area (TPSA) is 79.2 Å². The number of likely N-dealkylation sites (tertiary alicyclic amines) is 1. The van der Waals surface area contributed by atoms with E-state index in [4.69, 9.17) is 4.42 Å². The summed E-state index contributed by atoms with van der Waals surface area (Å²) in [5, 5.41) is 1.78. The van der Waals surface area contributed by atoms with Gasteiger partial charge in [-0.25, -0.2) is 4.98 Å². The van der Waals surface area contributed by atoms with Gasteiger partial charge in [0.2, 0.25) is 0 Å². The molecule has 0 spiro atoms. The third-order valence-corrected chi connectivity index (χ3v) is 5.71. The van der Waals surface area contributed by atoms with Gasteiger partial charge < -0.3 is 14.3 Å². The molecule has 1 aliphatic carbocycles. The lowest BCUT2D eigenvalue weighted by molar-refractivity contribution is 0.0757. The molecule has 2 aliphatic rings. The fourth-order valence-corrected chi connectivity index (χ4v) is 4.45. The lowest BCUT2D eigenvalue weighted by Gasteiger charge is -2.25. The van der Waals surface area contributed by atoms with Crippen molar-refractivity contribution in [3.8, 4) is 0 Å². The molecule has 1 aliphatic heterocycles. The number of hydrogen-bond acceptors (Lipinski definition) is 4. The van der Waals surface area contributed by atoms with E-state index in [1.165, 1.54) is 0 Å². The predicted octanol–water partition coefficient (Wildman–Crippen LogP) is 2.63. The van der Waals surface area contributed by atoms with E-state index in [0.29, 0.717) is 30.6 Å². The van der Waals surface area contributed by atoms with Gasteiger partial charge in [0.05, 0.1) is 12.0 Å². The van der Waals surface area contributed by atoms with Crippen molar-refractivity contribution in [3.05, 3.63) is 63.7 Å². The fraction of sp³-hybridized carbons (Fsp3) is 0.350. The Morgan fingerprint density at radius 3 is 3.04 bits per heavy atom. The summed E-state index contributed by atoms with van der Waals surface area (Å²) >= 11 is 0. The molecule has 2 atom stereocenters. The fourth-order valence-electron chi connectivity index (χ4n) is 4.45. The lowest BCUT2D eigenvalue weighted by Crippen LogP contribution is -2.29. The molecule has 3 aromatic rings. The number of aromatic nitrogens is 2. The zero-order valence-corrected chi connectivity index (χ0v) is 14.5. The maximum Gasteiger partial charge on any atom is 0.290 e. The number of furan rings is 1. The Hall–Kier alpha value is -2.89. The van der Waals surface area contributed by atoms with E-state index in [9.17, 15) is 9.59 Å². The molecule has 6 heteroatoms. The molecule has 3 heterocycles. The smallest absolute Gasteiger partial charge is 0.290 e. The Labute approximate surface area is 149 Å². The summed E-state index contributed by atoms with van der Waals surface area (Å²) in [7, 11) is 0. The van der Waals surface area contributed by atoms with Gasteiger partial charge in [-0.05, 0) is 25.7 Å². The average Bonchev–Trinajstić information content (AvgIpc) is 3.25. The SMILES string of the molecule is Cc1nc2c(c(=O)[nH]1)CC[C@@H]1CN(C(=O)c3occ4ccccc34)C[C@H]21. The van der Waals surface area contributed by atoms with Gasteiger partial charge in [-0.1, -0.05) is 24.3 Å².